The van der Waals surface area contributed by atoms with Gasteiger partial charge in [0, 0.05) is 64.4 Å². The monoisotopic (exact) mass is 168 g/mol. The molecule has 1 saturated heterocycles. The molecule has 1 fully saturated rings. The van der Waals surface area contributed by atoms with Crippen LogP contribution < -0.4 is 0 Å². The molecular formula is C5H7KNO3. The van der Waals surface area contributed by atoms with Crippen molar-refractivity contribution in [2.75, 3.05) is 6.54 Å². The number of likely N-dealkylation sites (tertiary alicyclic amines) is 1. The maximum Gasteiger partial charge on any atom is 0.414 e. The number of rotatable bonds is 0. The van der Waals surface area contributed by atoms with E-state index in [1.165, 1.54) is 0 Å². The van der Waals surface area contributed by atoms with Crippen LogP contribution in [-0.2, 0) is 4.79 Å². The Kier molecular flexibility index (Phi) is 4.71. The molecule has 0 saturated carbocycles. The molecule has 1 N–H and O–H groups in total. The van der Waals surface area contributed by atoms with Crippen molar-refractivity contribution in [3.05, 3.63) is 0 Å². The van der Waals surface area contributed by atoms with Crippen molar-refractivity contribution < 1.29 is 14.7 Å². The summed E-state index contributed by atoms with van der Waals surface area (Å²) >= 11 is 0. The van der Waals surface area contributed by atoms with Crippen molar-refractivity contribution in [1.29, 1.82) is 0 Å². The van der Waals surface area contributed by atoms with E-state index in [1.54, 1.807) is 0 Å². The smallest absolute Gasteiger partial charge is 0.414 e. The molecule has 10 heavy (non-hydrogen) atoms. The third-order valence-electron chi connectivity index (χ3n) is 1.30. The minimum atomic E-state index is -1.13. The zero-order valence-corrected chi connectivity index (χ0v) is 8.96. The molecule has 5 heteroatoms. The van der Waals surface area contributed by atoms with Crippen molar-refractivity contribution >= 4 is 63.4 Å². The summed E-state index contributed by atoms with van der Waals surface area (Å²) < 4.78 is 0. The average molecular weight is 168 g/mol. The second-order valence-corrected chi connectivity index (χ2v) is 1.93. The van der Waals surface area contributed by atoms with Crippen LogP contribution >= 0.6 is 0 Å². The summed E-state index contributed by atoms with van der Waals surface area (Å²) in [4.78, 5) is 21.5. The third-order valence-corrected chi connectivity index (χ3v) is 1.30. The van der Waals surface area contributed by atoms with Crippen LogP contribution in [0.5, 0.6) is 0 Å². The molecule has 1 radical (unpaired) electrons. The molecule has 0 aromatic carbocycles. The van der Waals surface area contributed by atoms with Gasteiger partial charge in [0.05, 0.1) is 0 Å². The Labute approximate surface area is 101 Å². The Balaban J connectivity index is 0.000000810. The van der Waals surface area contributed by atoms with E-state index in [0.29, 0.717) is 19.4 Å². The van der Waals surface area contributed by atoms with Crippen molar-refractivity contribution in [3.8, 4) is 0 Å². The molecule has 2 amide bonds. The predicted octanol–water partition coefficient (Wildman–Crippen LogP) is -0.0940. The van der Waals surface area contributed by atoms with Gasteiger partial charge in [0.25, 0.3) is 0 Å². The molecule has 1 aliphatic heterocycles. The Hall–Kier alpha value is 0.576. The Morgan fingerprint density at radius 3 is 2.40 bits per heavy atom. The molecular weight excluding hydrogens is 161 g/mol. The van der Waals surface area contributed by atoms with E-state index < -0.39 is 6.09 Å². The quantitative estimate of drug-likeness (QED) is 0.514. The molecule has 0 aromatic rings. The molecule has 0 aliphatic carbocycles. The number of hydrogen-bond acceptors (Lipinski definition) is 2. The first-order valence-electron chi connectivity index (χ1n) is 2.75. The summed E-state index contributed by atoms with van der Waals surface area (Å²) in [7, 11) is 0. The van der Waals surface area contributed by atoms with Crippen molar-refractivity contribution in [2.24, 2.45) is 0 Å². The first-order valence-corrected chi connectivity index (χ1v) is 2.75. The summed E-state index contributed by atoms with van der Waals surface area (Å²) in [6.45, 7) is 0.369. The van der Waals surface area contributed by atoms with Gasteiger partial charge < -0.3 is 5.11 Å². The SMILES string of the molecule is O=C(O)N1CCCC1=O.[K]. The first-order chi connectivity index (χ1) is 4.22. The summed E-state index contributed by atoms with van der Waals surface area (Å²) in [5, 5.41) is 8.29. The molecule has 1 heterocycles. The Morgan fingerprint density at radius 2 is 2.20 bits per heavy atom. The zero-order valence-electron chi connectivity index (χ0n) is 5.83. The largest absolute Gasteiger partial charge is 0.465 e. The van der Waals surface area contributed by atoms with Gasteiger partial charge in [0.15, 0.2) is 0 Å². The summed E-state index contributed by atoms with van der Waals surface area (Å²) in [6.07, 6.45) is -0.0743. The van der Waals surface area contributed by atoms with Crippen LogP contribution in [0.3, 0.4) is 0 Å². The van der Waals surface area contributed by atoms with E-state index in [9.17, 15) is 9.59 Å². The minimum absolute atomic E-state index is 0. The topological polar surface area (TPSA) is 57.6 Å². The van der Waals surface area contributed by atoms with E-state index in [2.05, 4.69) is 0 Å². The maximum atomic E-state index is 10.6. The number of carboxylic acid groups (broad SMARTS) is 1. The molecule has 1 rings (SSSR count). The number of imide groups is 1. The van der Waals surface area contributed by atoms with Gasteiger partial charge >= 0.3 is 6.09 Å². The predicted molar refractivity (Wildman–Crippen MR) is 34.7 cm³/mol. The van der Waals surface area contributed by atoms with Crippen LogP contribution in [0.2, 0.25) is 0 Å². The zero-order chi connectivity index (χ0) is 6.85. The van der Waals surface area contributed by atoms with Gasteiger partial charge in [-0.1, -0.05) is 0 Å². The van der Waals surface area contributed by atoms with Crippen LogP contribution in [0.15, 0.2) is 0 Å². The van der Waals surface area contributed by atoms with Gasteiger partial charge in [-0.25, -0.2) is 9.69 Å². The number of carbonyl (C=O) groups excluding carboxylic acids is 1. The number of hydrogen-bond donors (Lipinski definition) is 1. The first kappa shape index (κ1) is 10.6. The third kappa shape index (κ3) is 2.32. The van der Waals surface area contributed by atoms with Gasteiger partial charge in [-0.15, -0.1) is 0 Å². The molecule has 4 nitrogen and oxygen atoms in total. The number of amides is 2. The van der Waals surface area contributed by atoms with Gasteiger partial charge in [-0.3, -0.25) is 4.79 Å². The fourth-order valence-electron chi connectivity index (χ4n) is 0.850. The van der Waals surface area contributed by atoms with Gasteiger partial charge in [0.2, 0.25) is 5.91 Å². The second kappa shape index (κ2) is 4.45. The standard InChI is InChI=1S/C5H7NO3.K/c7-4-2-1-3-6(4)5(8)9;/h1-3H2,(H,8,9);. The summed E-state index contributed by atoms with van der Waals surface area (Å²) in [6, 6.07) is 0. The van der Waals surface area contributed by atoms with Gasteiger partial charge in [0.1, 0.15) is 0 Å². The molecule has 0 bridgehead atoms. The van der Waals surface area contributed by atoms with Gasteiger partial charge in [-0.2, -0.15) is 0 Å². The maximum absolute atomic E-state index is 10.6. The normalized spacial score (nSPS) is 16.8. The number of nitrogens with zero attached hydrogens (tertiary/aromatic N) is 1. The molecule has 0 unspecified atom stereocenters. The fraction of sp³-hybridized carbons (Fsp3) is 0.600. The number of carbonyl (C=O) groups is 2. The molecule has 1 aliphatic rings. The van der Waals surface area contributed by atoms with E-state index in [-0.39, 0.29) is 57.3 Å². The van der Waals surface area contributed by atoms with Crippen molar-refractivity contribution in [2.45, 2.75) is 12.8 Å². The van der Waals surface area contributed by atoms with Crippen molar-refractivity contribution in [3.63, 3.8) is 0 Å². The molecule has 0 aromatic heterocycles. The van der Waals surface area contributed by atoms with Gasteiger partial charge in [-0.05, 0) is 6.42 Å². The minimum Gasteiger partial charge on any atom is -0.465 e. The van der Waals surface area contributed by atoms with E-state index >= 15 is 0 Å². The molecule has 0 atom stereocenters. The fourth-order valence-corrected chi connectivity index (χ4v) is 0.850. The van der Waals surface area contributed by atoms with E-state index in [0.717, 1.165) is 4.90 Å². The van der Waals surface area contributed by atoms with Crippen LogP contribution in [0, 0.1) is 0 Å². The molecule has 0 spiro atoms. The van der Waals surface area contributed by atoms with E-state index in [4.69, 9.17) is 5.11 Å². The van der Waals surface area contributed by atoms with Crippen LogP contribution in [-0.4, -0.2) is 79.9 Å². The van der Waals surface area contributed by atoms with Crippen LogP contribution in [0.1, 0.15) is 12.8 Å². The van der Waals surface area contributed by atoms with E-state index in [1.807, 2.05) is 0 Å². The second-order valence-electron chi connectivity index (χ2n) is 1.93. The summed E-state index contributed by atoms with van der Waals surface area (Å²) in [5.74, 6) is -0.275. The Morgan fingerprint density at radius 1 is 1.60 bits per heavy atom. The average Bonchev–Trinajstić information content (AvgIpc) is 2.13. The van der Waals surface area contributed by atoms with Crippen LogP contribution in [0.25, 0.3) is 0 Å². The van der Waals surface area contributed by atoms with Crippen molar-refractivity contribution in [1.82, 2.24) is 4.90 Å². The Bertz CT molecular complexity index is 159. The van der Waals surface area contributed by atoms with Crippen LogP contribution in [0.4, 0.5) is 4.79 Å². The molecule has 51 valence electrons. The summed E-state index contributed by atoms with van der Waals surface area (Å²) in [5.41, 5.74) is 0.